The minimum Gasteiger partial charge on any atom is -0.496 e. The summed E-state index contributed by atoms with van der Waals surface area (Å²) >= 11 is 6.28. The van der Waals surface area contributed by atoms with Crippen molar-refractivity contribution in [3.63, 3.8) is 0 Å². The van der Waals surface area contributed by atoms with E-state index in [1.165, 1.54) is 7.11 Å². The second-order valence-corrected chi connectivity index (χ2v) is 5.83. The summed E-state index contributed by atoms with van der Waals surface area (Å²) in [6.07, 6.45) is -0.907. The number of aryl methyl sites for hydroxylation is 1. The van der Waals surface area contributed by atoms with Crippen molar-refractivity contribution in [2.75, 3.05) is 7.11 Å². The van der Waals surface area contributed by atoms with E-state index in [0.29, 0.717) is 21.9 Å². The van der Waals surface area contributed by atoms with E-state index in [2.05, 4.69) is 0 Å². The molecule has 1 aliphatic rings. The van der Waals surface area contributed by atoms with Crippen molar-refractivity contribution in [3.8, 4) is 5.75 Å². The minimum absolute atomic E-state index is 0.325. The fourth-order valence-corrected chi connectivity index (χ4v) is 3.17. The van der Waals surface area contributed by atoms with Crippen molar-refractivity contribution < 1.29 is 19.1 Å². The average Bonchev–Trinajstić information content (AvgIpc) is 2.83. The highest BCUT2D eigenvalue weighted by molar-refractivity contribution is 6.32. The number of Topliss-reactive ketones (excluding diaryl/α,β-unsaturated/α-hetero) is 1. The Labute approximate surface area is 139 Å². The van der Waals surface area contributed by atoms with Crippen LogP contribution in [0.2, 0.25) is 5.02 Å². The van der Waals surface area contributed by atoms with Gasteiger partial charge in [-0.25, -0.2) is 0 Å². The number of ether oxygens (including phenoxy) is 2. The van der Waals surface area contributed by atoms with Crippen LogP contribution < -0.4 is 4.74 Å². The van der Waals surface area contributed by atoms with Crippen LogP contribution in [0.4, 0.5) is 0 Å². The zero-order valence-electron chi connectivity index (χ0n) is 12.7. The number of esters is 1. The van der Waals surface area contributed by atoms with E-state index in [9.17, 15) is 9.59 Å². The number of ketones is 1. The molecule has 0 radical (unpaired) electrons. The number of rotatable bonds is 3. The molecule has 23 heavy (non-hydrogen) atoms. The highest BCUT2D eigenvalue weighted by atomic mass is 35.5. The molecule has 4 nitrogen and oxygen atoms in total. The van der Waals surface area contributed by atoms with Crippen molar-refractivity contribution in [2.45, 2.75) is 18.9 Å². The van der Waals surface area contributed by atoms with Gasteiger partial charge in [-0.3, -0.25) is 9.59 Å². The van der Waals surface area contributed by atoms with Crippen molar-refractivity contribution in [3.05, 3.63) is 64.2 Å². The van der Waals surface area contributed by atoms with Gasteiger partial charge in [-0.2, -0.15) is 0 Å². The largest absolute Gasteiger partial charge is 0.496 e. The molecular formula is C18H15ClO4. The fraction of sp³-hybridized carbons (Fsp3) is 0.222. The van der Waals surface area contributed by atoms with Gasteiger partial charge in [0.2, 0.25) is 0 Å². The van der Waals surface area contributed by atoms with Crippen molar-refractivity contribution >= 4 is 23.4 Å². The van der Waals surface area contributed by atoms with Crippen LogP contribution in [0.25, 0.3) is 0 Å². The summed E-state index contributed by atoms with van der Waals surface area (Å²) in [5, 5.41) is 0.325. The first-order chi connectivity index (χ1) is 11.0. The number of halogens is 1. The van der Waals surface area contributed by atoms with Gasteiger partial charge in [-0.05, 0) is 24.6 Å². The van der Waals surface area contributed by atoms with Crippen LogP contribution in [0.3, 0.4) is 0 Å². The average molecular weight is 331 g/mol. The van der Waals surface area contributed by atoms with E-state index >= 15 is 0 Å². The zero-order chi connectivity index (χ0) is 16.6. The second-order valence-electron chi connectivity index (χ2n) is 5.43. The first-order valence-corrected chi connectivity index (χ1v) is 7.54. The molecule has 0 N–H and O–H groups in total. The van der Waals surface area contributed by atoms with Crippen LogP contribution >= 0.6 is 11.6 Å². The van der Waals surface area contributed by atoms with E-state index in [-0.39, 0.29) is 5.78 Å². The summed E-state index contributed by atoms with van der Waals surface area (Å²) in [6.45, 7) is 1.86. The molecule has 2 aromatic rings. The maximum absolute atomic E-state index is 12.8. The molecule has 1 aliphatic heterocycles. The first-order valence-electron chi connectivity index (χ1n) is 7.16. The third kappa shape index (κ3) is 2.70. The van der Waals surface area contributed by atoms with Gasteiger partial charge in [-0.1, -0.05) is 41.9 Å². The Morgan fingerprint density at radius 2 is 1.83 bits per heavy atom. The lowest BCUT2D eigenvalue weighted by Crippen LogP contribution is -2.16. The number of cyclic esters (lactones) is 1. The SMILES string of the molecule is COc1cc(C)cc(Cl)c1C1C(=O)OC(c2ccccc2)C1=O. The molecule has 0 bridgehead atoms. The molecule has 118 valence electrons. The Hall–Kier alpha value is -2.33. The number of carbonyl (C=O) groups excluding carboxylic acids is 2. The van der Waals surface area contributed by atoms with Gasteiger partial charge in [0.1, 0.15) is 11.7 Å². The number of hydrogen-bond acceptors (Lipinski definition) is 4. The Kier molecular flexibility index (Phi) is 4.09. The predicted octanol–water partition coefficient (Wildman–Crippen LogP) is 3.61. The van der Waals surface area contributed by atoms with E-state index in [4.69, 9.17) is 21.1 Å². The monoisotopic (exact) mass is 330 g/mol. The summed E-state index contributed by atoms with van der Waals surface area (Å²) in [6, 6.07) is 12.4. The van der Waals surface area contributed by atoms with Gasteiger partial charge in [0.15, 0.2) is 11.9 Å². The van der Waals surface area contributed by atoms with E-state index < -0.39 is 18.0 Å². The van der Waals surface area contributed by atoms with Crippen LogP contribution in [-0.4, -0.2) is 18.9 Å². The van der Waals surface area contributed by atoms with Crippen LogP contribution in [-0.2, 0) is 14.3 Å². The molecule has 1 heterocycles. The van der Waals surface area contributed by atoms with Gasteiger partial charge in [0.25, 0.3) is 0 Å². The summed E-state index contributed by atoms with van der Waals surface area (Å²) in [5.74, 6) is -1.58. The van der Waals surface area contributed by atoms with Crippen LogP contribution in [0, 0.1) is 6.92 Å². The Morgan fingerprint density at radius 3 is 2.48 bits per heavy atom. The zero-order valence-corrected chi connectivity index (χ0v) is 13.5. The topological polar surface area (TPSA) is 52.6 Å². The normalized spacial score (nSPS) is 20.5. The molecular weight excluding hydrogens is 316 g/mol. The van der Waals surface area contributed by atoms with Gasteiger partial charge >= 0.3 is 5.97 Å². The standard InChI is InChI=1S/C18H15ClO4/c1-10-8-12(19)14(13(9-10)22-2)15-16(20)17(23-18(15)21)11-6-4-3-5-7-11/h3-9,15,17H,1-2H3. The molecule has 0 amide bonds. The summed E-state index contributed by atoms with van der Waals surface area (Å²) in [4.78, 5) is 25.1. The maximum atomic E-state index is 12.8. The highest BCUT2D eigenvalue weighted by Gasteiger charge is 2.47. The number of hydrogen-bond donors (Lipinski definition) is 0. The second kappa shape index (κ2) is 6.05. The molecule has 0 aliphatic carbocycles. The molecule has 1 saturated heterocycles. The summed E-state index contributed by atoms with van der Waals surface area (Å²) in [5.41, 5.74) is 1.90. The first kappa shape index (κ1) is 15.6. The number of benzene rings is 2. The fourth-order valence-electron chi connectivity index (χ4n) is 2.80. The lowest BCUT2D eigenvalue weighted by molar-refractivity contribution is -0.143. The number of methoxy groups -OCH3 is 1. The Morgan fingerprint density at radius 1 is 1.13 bits per heavy atom. The highest BCUT2D eigenvalue weighted by Crippen LogP contribution is 2.42. The lowest BCUT2D eigenvalue weighted by Gasteiger charge is -2.14. The van der Waals surface area contributed by atoms with Gasteiger partial charge in [0.05, 0.1) is 7.11 Å². The van der Waals surface area contributed by atoms with Crippen molar-refractivity contribution in [1.82, 2.24) is 0 Å². The smallest absolute Gasteiger partial charge is 0.322 e. The molecule has 0 aromatic heterocycles. The summed E-state index contributed by atoms with van der Waals surface area (Å²) < 4.78 is 10.6. The predicted molar refractivity (Wildman–Crippen MR) is 85.8 cm³/mol. The van der Waals surface area contributed by atoms with Crippen molar-refractivity contribution in [2.24, 2.45) is 0 Å². The molecule has 3 rings (SSSR count). The van der Waals surface area contributed by atoms with Gasteiger partial charge in [-0.15, -0.1) is 0 Å². The third-order valence-electron chi connectivity index (χ3n) is 3.86. The minimum atomic E-state index is -1.07. The third-order valence-corrected chi connectivity index (χ3v) is 4.17. The van der Waals surface area contributed by atoms with E-state index in [1.54, 1.807) is 36.4 Å². The molecule has 0 spiro atoms. The quantitative estimate of drug-likeness (QED) is 0.637. The van der Waals surface area contributed by atoms with Gasteiger partial charge in [0, 0.05) is 16.1 Å². The van der Waals surface area contributed by atoms with Gasteiger partial charge < -0.3 is 9.47 Å². The van der Waals surface area contributed by atoms with E-state index in [0.717, 1.165) is 5.56 Å². The molecule has 2 unspecified atom stereocenters. The summed E-state index contributed by atoms with van der Waals surface area (Å²) in [7, 11) is 1.48. The molecule has 2 atom stereocenters. The van der Waals surface area contributed by atoms with Crippen molar-refractivity contribution in [1.29, 1.82) is 0 Å². The molecule has 1 fully saturated rings. The van der Waals surface area contributed by atoms with Crippen LogP contribution in [0.15, 0.2) is 42.5 Å². The molecule has 0 saturated carbocycles. The maximum Gasteiger partial charge on any atom is 0.322 e. The van der Waals surface area contributed by atoms with Crippen LogP contribution in [0.1, 0.15) is 28.7 Å². The lowest BCUT2D eigenvalue weighted by atomic mass is 9.91. The molecule has 5 heteroatoms. The number of carbonyl (C=O) groups is 2. The van der Waals surface area contributed by atoms with Crippen LogP contribution in [0.5, 0.6) is 5.75 Å². The van der Waals surface area contributed by atoms with E-state index in [1.807, 2.05) is 13.0 Å². The Bertz CT molecular complexity index is 770. The Balaban J connectivity index is 2.05. The molecule has 2 aromatic carbocycles.